The molecule has 0 saturated carbocycles. The Morgan fingerprint density at radius 2 is 2.05 bits per heavy atom. The van der Waals surface area contributed by atoms with Gasteiger partial charge >= 0.3 is 0 Å². The quantitative estimate of drug-likeness (QED) is 0.779. The fourth-order valence-electron chi connectivity index (χ4n) is 2.50. The van der Waals surface area contributed by atoms with Crippen LogP contribution in [-0.2, 0) is 11.3 Å². The van der Waals surface area contributed by atoms with Gasteiger partial charge in [-0.1, -0.05) is 13.8 Å². The Morgan fingerprint density at radius 1 is 1.32 bits per heavy atom. The highest BCUT2D eigenvalue weighted by atomic mass is 32.2. The Labute approximate surface area is 118 Å². The molecule has 2 rings (SSSR count). The molecule has 1 fully saturated rings. The minimum atomic E-state index is 0.299. The van der Waals surface area contributed by atoms with Gasteiger partial charge in [0.05, 0.1) is 19.2 Å². The van der Waals surface area contributed by atoms with Crippen molar-refractivity contribution >= 4 is 11.8 Å². The number of tetrazole rings is 1. The molecule has 108 valence electrons. The van der Waals surface area contributed by atoms with Crippen molar-refractivity contribution in [3.63, 3.8) is 0 Å². The molecule has 0 aliphatic carbocycles. The number of rotatable bonds is 6. The van der Waals surface area contributed by atoms with Crippen LogP contribution in [0.15, 0.2) is 0 Å². The molecule has 1 aliphatic rings. The first-order chi connectivity index (χ1) is 9.24. The van der Waals surface area contributed by atoms with Gasteiger partial charge in [-0.05, 0) is 16.3 Å². The molecule has 0 bridgehead atoms. The highest BCUT2D eigenvalue weighted by Crippen LogP contribution is 2.28. The number of ether oxygens (including phenoxy) is 1. The molecule has 1 atom stereocenters. The second-order valence-corrected chi connectivity index (χ2v) is 6.31. The minimum Gasteiger partial charge on any atom is -0.383 e. The highest BCUT2D eigenvalue weighted by molar-refractivity contribution is 7.99. The smallest absolute Gasteiger partial charge is 0.168 e. The van der Waals surface area contributed by atoms with Crippen LogP contribution in [0.4, 0.5) is 0 Å². The van der Waals surface area contributed by atoms with E-state index in [0.29, 0.717) is 25.1 Å². The Bertz CT molecular complexity index is 378. The van der Waals surface area contributed by atoms with Gasteiger partial charge in [0.15, 0.2) is 5.82 Å². The topological polar surface area (TPSA) is 56.1 Å². The zero-order valence-electron chi connectivity index (χ0n) is 11.9. The van der Waals surface area contributed by atoms with Crippen LogP contribution < -0.4 is 0 Å². The molecule has 0 unspecified atom stereocenters. The van der Waals surface area contributed by atoms with Crippen molar-refractivity contribution in [3.05, 3.63) is 5.82 Å². The summed E-state index contributed by atoms with van der Waals surface area (Å²) in [4.78, 5) is 2.51. The van der Waals surface area contributed by atoms with Crippen LogP contribution in [0.25, 0.3) is 0 Å². The van der Waals surface area contributed by atoms with E-state index in [0.717, 1.165) is 18.9 Å². The molecular formula is C12H23N5OS. The molecule has 2 heterocycles. The van der Waals surface area contributed by atoms with E-state index < -0.39 is 0 Å². The van der Waals surface area contributed by atoms with E-state index in [2.05, 4.69) is 34.3 Å². The maximum absolute atomic E-state index is 5.12. The van der Waals surface area contributed by atoms with Gasteiger partial charge in [-0.3, -0.25) is 4.90 Å². The third-order valence-corrected chi connectivity index (χ3v) is 4.34. The van der Waals surface area contributed by atoms with E-state index >= 15 is 0 Å². The summed E-state index contributed by atoms with van der Waals surface area (Å²) in [6.07, 6.45) is 0. The molecule has 1 aromatic rings. The van der Waals surface area contributed by atoms with E-state index in [9.17, 15) is 0 Å². The Morgan fingerprint density at radius 3 is 2.68 bits per heavy atom. The molecule has 0 N–H and O–H groups in total. The lowest BCUT2D eigenvalue weighted by Crippen LogP contribution is -2.39. The second-order valence-electron chi connectivity index (χ2n) is 5.09. The first-order valence-corrected chi connectivity index (χ1v) is 7.96. The van der Waals surface area contributed by atoms with Gasteiger partial charge in [0.2, 0.25) is 0 Å². The zero-order chi connectivity index (χ0) is 13.7. The minimum absolute atomic E-state index is 0.299. The molecule has 0 amide bonds. The number of nitrogens with zero attached hydrogens (tertiary/aromatic N) is 5. The fraction of sp³-hybridized carbons (Fsp3) is 0.917. The monoisotopic (exact) mass is 285 g/mol. The van der Waals surface area contributed by atoms with Crippen LogP contribution in [0, 0.1) is 5.92 Å². The number of hydrogen-bond acceptors (Lipinski definition) is 6. The van der Waals surface area contributed by atoms with Crippen molar-refractivity contribution in [1.29, 1.82) is 0 Å². The lowest BCUT2D eigenvalue weighted by Gasteiger charge is -2.35. The largest absolute Gasteiger partial charge is 0.383 e. The van der Waals surface area contributed by atoms with Crippen molar-refractivity contribution in [2.24, 2.45) is 5.92 Å². The number of aromatic nitrogens is 4. The van der Waals surface area contributed by atoms with Crippen molar-refractivity contribution in [2.45, 2.75) is 26.4 Å². The first-order valence-electron chi connectivity index (χ1n) is 6.81. The molecule has 0 radical (unpaired) electrons. The van der Waals surface area contributed by atoms with Crippen molar-refractivity contribution < 1.29 is 4.74 Å². The van der Waals surface area contributed by atoms with Crippen LogP contribution in [0.1, 0.15) is 25.7 Å². The predicted octanol–water partition coefficient (Wildman–Crippen LogP) is 1.07. The van der Waals surface area contributed by atoms with Gasteiger partial charge in [-0.15, -0.1) is 5.10 Å². The Hall–Kier alpha value is -0.660. The molecular weight excluding hydrogens is 262 g/mol. The molecule has 1 aliphatic heterocycles. The maximum Gasteiger partial charge on any atom is 0.168 e. The van der Waals surface area contributed by atoms with Crippen LogP contribution >= 0.6 is 11.8 Å². The Kier molecular flexibility index (Phi) is 5.59. The normalized spacial score (nSPS) is 18.9. The summed E-state index contributed by atoms with van der Waals surface area (Å²) in [6.45, 7) is 8.06. The summed E-state index contributed by atoms with van der Waals surface area (Å²) in [5, 5.41) is 12.2. The molecule has 0 spiro atoms. The molecule has 0 aromatic carbocycles. The molecule has 6 nitrogen and oxygen atoms in total. The van der Waals surface area contributed by atoms with Crippen LogP contribution in [0.2, 0.25) is 0 Å². The summed E-state index contributed by atoms with van der Waals surface area (Å²) in [7, 11) is 1.70. The van der Waals surface area contributed by atoms with Gasteiger partial charge in [-0.25, -0.2) is 4.68 Å². The van der Waals surface area contributed by atoms with Gasteiger partial charge in [-0.2, -0.15) is 11.8 Å². The van der Waals surface area contributed by atoms with E-state index in [1.165, 1.54) is 11.5 Å². The van der Waals surface area contributed by atoms with E-state index in [-0.39, 0.29) is 0 Å². The zero-order valence-corrected chi connectivity index (χ0v) is 12.8. The van der Waals surface area contributed by atoms with E-state index in [1.54, 1.807) is 7.11 Å². The molecule has 1 aromatic heterocycles. The standard InChI is InChI=1S/C12H23N5OS/c1-10(2)11(16-5-8-19-9-6-16)12-13-14-15-17(12)4-7-18-3/h10-11H,4-9H2,1-3H3/t11-/m1/s1. The van der Waals surface area contributed by atoms with Crippen molar-refractivity contribution in [3.8, 4) is 0 Å². The lowest BCUT2D eigenvalue weighted by molar-refractivity contribution is 0.148. The third-order valence-electron chi connectivity index (χ3n) is 3.40. The van der Waals surface area contributed by atoms with Gasteiger partial charge in [0.25, 0.3) is 0 Å². The molecule has 19 heavy (non-hydrogen) atoms. The summed E-state index contributed by atoms with van der Waals surface area (Å²) in [5.74, 6) is 3.86. The highest BCUT2D eigenvalue weighted by Gasteiger charge is 2.29. The van der Waals surface area contributed by atoms with Gasteiger partial charge in [0, 0.05) is 31.7 Å². The molecule has 7 heteroatoms. The van der Waals surface area contributed by atoms with Gasteiger partial charge in [0.1, 0.15) is 0 Å². The summed E-state index contributed by atoms with van der Waals surface area (Å²) < 4.78 is 7.01. The first kappa shape index (κ1) is 14.7. The van der Waals surface area contributed by atoms with Gasteiger partial charge < -0.3 is 4.74 Å². The van der Waals surface area contributed by atoms with Crippen molar-refractivity contribution in [2.75, 3.05) is 38.3 Å². The molecule has 1 saturated heterocycles. The average Bonchev–Trinajstić information content (AvgIpc) is 2.85. The fourth-order valence-corrected chi connectivity index (χ4v) is 3.43. The van der Waals surface area contributed by atoms with Crippen molar-refractivity contribution in [1.82, 2.24) is 25.1 Å². The summed E-state index contributed by atoms with van der Waals surface area (Å²) >= 11 is 2.02. The number of methoxy groups -OCH3 is 1. The lowest BCUT2D eigenvalue weighted by atomic mass is 10.0. The van der Waals surface area contributed by atoms with Crippen LogP contribution in [0.5, 0.6) is 0 Å². The average molecular weight is 285 g/mol. The number of thioether (sulfide) groups is 1. The third kappa shape index (κ3) is 3.67. The summed E-state index contributed by atoms with van der Waals surface area (Å²) in [5.41, 5.74) is 0. The second kappa shape index (κ2) is 7.21. The van der Waals surface area contributed by atoms with E-state index in [4.69, 9.17) is 4.74 Å². The Balaban J connectivity index is 2.16. The maximum atomic E-state index is 5.12. The predicted molar refractivity (Wildman–Crippen MR) is 76.2 cm³/mol. The SMILES string of the molecule is COCCn1nnnc1[C@@H](C(C)C)N1CCSCC1. The van der Waals surface area contributed by atoms with E-state index in [1.807, 2.05) is 16.4 Å². The number of hydrogen-bond donors (Lipinski definition) is 0. The summed E-state index contributed by atoms with van der Waals surface area (Å²) in [6, 6.07) is 0.299. The van der Waals surface area contributed by atoms with Crippen LogP contribution in [0.3, 0.4) is 0 Å². The van der Waals surface area contributed by atoms with Crippen LogP contribution in [-0.4, -0.2) is 63.4 Å².